The Morgan fingerprint density at radius 2 is 1.88 bits per heavy atom. The summed E-state index contributed by atoms with van der Waals surface area (Å²) < 4.78 is 9.69. The lowest BCUT2D eigenvalue weighted by Gasteiger charge is -2.03. The standard InChI is InChI=1S/C18H15NO6/c1-24-18(21)12-14-5-8-16(9-6-14)25-17(20)10-7-13-3-2-4-15(11-13)19(22)23/h2-11H,12H2,1H3/b10-7+. The summed E-state index contributed by atoms with van der Waals surface area (Å²) in [6.07, 6.45) is 2.75. The van der Waals surface area contributed by atoms with Crippen molar-refractivity contribution in [1.29, 1.82) is 0 Å². The molecule has 7 nitrogen and oxygen atoms in total. The van der Waals surface area contributed by atoms with E-state index in [1.54, 1.807) is 30.3 Å². The van der Waals surface area contributed by atoms with Gasteiger partial charge in [0.05, 0.1) is 18.5 Å². The molecule has 0 atom stereocenters. The summed E-state index contributed by atoms with van der Waals surface area (Å²) in [4.78, 5) is 33.2. The van der Waals surface area contributed by atoms with Gasteiger partial charge in [0.2, 0.25) is 0 Å². The molecule has 0 unspecified atom stereocenters. The van der Waals surface area contributed by atoms with Crippen molar-refractivity contribution in [3.63, 3.8) is 0 Å². The van der Waals surface area contributed by atoms with Gasteiger partial charge in [0.15, 0.2) is 0 Å². The molecule has 0 aromatic heterocycles. The van der Waals surface area contributed by atoms with Gasteiger partial charge in [0, 0.05) is 18.2 Å². The molecule has 2 rings (SSSR count). The summed E-state index contributed by atoms with van der Waals surface area (Å²) in [6.45, 7) is 0. The zero-order chi connectivity index (χ0) is 18.2. The van der Waals surface area contributed by atoms with Gasteiger partial charge < -0.3 is 9.47 Å². The van der Waals surface area contributed by atoms with Crippen LogP contribution >= 0.6 is 0 Å². The Kier molecular flexibility index (Phi) is 6.00. The third kappa shape index (κ3) is 5.58. The fourth-order valence-corrected chi connectivity index (χ4v) is 1.97. The fourth-order valence-electron chi connectivity index (χ4n) is 1.97. The molecule has 0 N–H and O–H groups in total. The first kappa shape index (κ1) is 17.9. The summed E-state index contributed by atoms with van der Waals surface area (Å²) in [5.41, 5.74) is 1.19. The number of methoxy groups -OCH3 is 1. The molecule has 0 radical (unpaired) electrons. The molecule has 0 spiro atoms. The fraction of sp³-hybridized carbons (Fsp3) is 0.111. The van der Waals surface area contributed by atoms with Crippen LogP contribution in [-0.2, 0) is 20.7 Å². The maximum absolute atomic E-state index is 11.8. The second-order valence-electron chi connectivity index (χ2n) is 5.00. The van der Waals surface area contributed by atoms with Crippen LogP contribution in [0.1, 0.15) is 11.1 Å². The van der Waals surface area contributed by atoms with E-state index in [2.05, 4.69) is 4.74 Å². The van der Waals surface area contributed by atoms with E-state index in [0.717, 1.165) is 5.56 Å². The Balaban J connectivity index is 1.96. The van der Waals surface area contributed by atoms with Crippen molar-refractivity contribution in [2.45, 2.75) is 6.42 Å². The minimum atomic E-state index is -0.618. The lowest BCUT2D eigenvalue weighted by atomic mass is 10.1. The molecule has 0 aliphatic heterocycles. The Labute approximate surface area is 143 Å². The lowest BCUT2D eigenvalue weighted by molar-refractivity contribution is -0.384. The quantitative estimate of drug-likeness (QED) is 0.263. The van der Waals surface area contributed by atoms with Crippen LogP contribution in [0.3, 0.4) is 0 Å². The molecule has 2 aromatic rings. The van der Waals surface area contributed by atoms with Crippen LogP contribution < -0.4 is 4.74 Å². The number of esters is 2. The molecule has 0 amide bonds. The van der Waals surface area contributed by atoms with Gasteiger partial charge in [-0.2, -0.15) is 0 Å². The molecular formula is C18H15NO6. The van der Waals surface area contributed by atoms with Crippen molar-refractivity contribution < 1.29 is 24.0 Å². The van der Waals surface area contributed by atoms with Crippen molar-refractivity contribution in [1.82, 2.24) is 0 Å². The second-order valence-corrected chi connectivity index (χ2v) is 5.00. The van der Waals surface area contributed by atoms with Crippen LogP contribution in [0, 0.1) is 10.1 Å². The van der Waals surface area contributed by atoms with Gasteiger partial charge in [-0.1, -0.05) is 24.3 Å². The zero-order valence-corrected chi connectivity index (χ0v) is 13.4. The van der Waals surface area contributed by atoms with E-state index >= 15 is 0 Å². The molecule has 0 aliphatic rings. The van der Waals surface area contributed by atoms with Crippen LogP contribution in [0.5, 0.6) is 5.75 Å². The average molecular weight is 341 g/mol. The SMILES string of the molecule is COC(=O)Cc1ccc(OC(=O)/C=C/c2cccc([N+](=O)[O-])c2)cc1. The predicted molar refractivity (Wildman–Crippen MR) is 89.9 cm³/mol. The number of nitrogens with zero attached hydrogens (tertiary/aromatic N) is 1. The lowest BCUT2D eigenvalue weighted by Crippen LogP contribution is -2.05. The molecule has 7 heteroatoms. The smallest absolute Gasteiger partial charge is 0.336 e. The van der Waals surface area contributed by atoms with E-state index in [0.29, 0.717) is 11.3 Å². The number of non-ortho nitro benzene ring substituents is 1. The molecule has 0 fully saturated rings. The van der Waals surface area contributed by atoms with E-state index in [9.17, 15) is 19.7 Å². The first-order chi connectivity index (χ1) is 12.0. The molecule has 0 saturated carbocycles. The molecular weight excluding hydrogens is 326 g/mol. The highest BCUT2D eigenvalue weighted by molar-refractivity contribution is 5.88. The number of rotatable bonds is 6. The molecule has 0 aliphatic carbocycles. The highest BCUT2D eigenvalue weighted by Crippen LogP contribution is 2.15. The summed E-state index contributed by atoms with van der Waals surface area (Å²) in [7, 11) is 1.31. The van der Waals surface area contributed by atoms with E-state index in [4.69, 9.17) is 4.74 Å². The average Bonchev–Trinajstić information content (AvgIpc) is 2.61. The van der Waals surface area contributed by atoms with Crippen LogP contribution in [0.25, 0.3) is 6.08 Å². The van der Waals surface area contributed by atoms with Crippen molar-refractivity contribution in [2.75, 3.05) is 7.11 Å². The predicted octanol–water partition coefficient (Wildman–Crippen LogP) is 2.93. The second kappa shape index (κ2) is 8.39. The largest absolute Gasteiger partial charge is 0.469 e. The van der Waals surface area contributed by atoms with Gasteiger partial charge >= 0.3 is 11.9 Å². The number of hydrogen-bond acceptors (Lipinski definition) is 6. The van der Waals surface area contributed by atoms with Crippen molar-refractivity contribution >= 4 is 23.7 Å². The first-order valence-electron chi connectivity index (χ1n) is 7.28. The summed E-state index contributed by atoms with van der Waals surface area (Å²) in [5, 5.41) is 10.7. The van der Waals surface area contributed by atoms with Gasteiger partial charge in [-0.25, -0.2) is 4.79 Å². The van der Waals surface area contributed by atoms with Gasteiger partial charge in [-0.3, -0.25) is 14.9 Å². The normalized spacial score (nSPS) is 10.4. The molecule has 0 heterocycles. The third-order valence-electron chi connectivity index (χ3n) is 3.21. The number of carbonyl (C=O) groups is 2. The first-order valence-corrected chi connectivity index (χ1v) is 7.28. The van der Waals surface area contributed by atoms with Gasteiger partial charge in [0.1, 0.15) is 5.75 Å². The maximum atomic E-state index is 11.8. The minimum absolute atomic E-state index is 0.0586. The topological polar surface area (TPSA) is 95.7 Å². The molecule has 0 bridgehead atoms. The number of ether oxygens (including phenoxy) is 2. The Morgan fingerprint density at radius 3 is 2.52 bits per heavy atom. The van der Waals surface area contributed by atoms with Crippen molar-refractivity contribution in [3.05, 3.63) is 75.8 Å². The maximum Gasteiger partial charge on any atom is 0.336 e. The van der Waals surface area contributed by atoms with Gasteiger partial charge in [-0.05, 0) is 29.3 Å². The highest BCUT2D eigenvalue weighted by Gasteiger charge is 2.06. The minimum Gasteiger partial charge on any atom is -0.469 e. The number of nitro groups is 1. The van der Waals surface area contributed by atoms with E-state index in [-0.39, 0.29) is 18.1 Å². The monoisotopic (exact) mass is 341 g/mol. The zero-order valence-electron chi connectivity index (χ0n) is 13.4. The van der Waals surface area contributed by atoms with E-state index < -0.39 is 10.9 Å². The molecule has 25 heavy (non-hydrogen) atoms. The number of nitro benzene ring substituents is 1. The Hall–Kier alpha value is -3.48. The number of benzene rings is 2. The highest BCUT2D eigenvalue weighted by atomic mass is 16.6. The molecule has 128 valence electrons. The Bertz CT molecular complexity index is 811. The van der Waals surface area contributed by atoms with Crippen LogP contribution in [-0.4, -0.2) is 24.0 Å². The van der Waals surface area contributed by atoms with Crippen LogP contribution in [0.15, 0.2) is 54.6 Å². The third-order valence-corrected chi connectivity index (χ3v) is 3.21. The van der Waals surface area contributed by atoms with Gasteiger partial charge in [-0.15, -0.1) is 0 Å². The number of hydrogen-bond donors (Lipinski definition) is 0. The molecule has 2 aromatic carbocycles. The van der Waals surface area contributed by atoms with E-state index in [1.807, 2.05) is 0 Å². The summed E-state index contributed by atoms with van der Waals surface area (Å²) in [6, 6.07) is 12.3. The summed E-state index contributed by atoms with van der Waals surface area (Å²) >= 11 is 0. The van der Waals surface area contributed by atoms with Crippen molar-refractivity contribution in [3.8, 4) is 5.75 Å². The van der Waals surface area contributed by atoms with Crippen LogP contribution in [0.2, 0.25) is 0 Å². The Morgan fingerprint density at radius 1 is 1.16 bits per heavy atom. The van der Waals surface area contributed by atoms with Gasteiger partial charge in [0.25, 0.3) is 5.69 Å². The van der Waals surface area contributed by atoms with E-state index in [1.165, 1.54) is 37.5 Å². The molecule has 0 saturated heterocycles. The van der Waals surface area contributed by atoms with Crippen molar-refractivity contribution in [2.24, 2.45) is 0 Å². The number of carbonyl (C=O) groups excluding carboxylic acids is 2. The summed E-state index contributed by atoms with van der Waals surface area (Å²) in [5.74, 6) is -0.654. The van der Waals surface area contributed by atoms with Crippen LogP contribution in [0.4, 0.5) is 5.69 Å².